The maximum absolute atomic E-state index is 12.4. The molecule has 0 bridgehead atoms. The van der Waals surface area contributed by atoms with Crippen molar-refractivity contribution in [2.45, 2.75) is 25.6 Å². The Hall–Kier alpha value is -2.33. The van der Waals surface area contributed by atoms with Crippen LogP contribution in [0.5, 0.6) is 5.75 Å². The second-order valence-corrected chi connectivity index (χ2v) is 6.20. The molecule has 2 aromatic rings. The standard InChI is InChI=1S/C20H23NO3/c1-21(20(22)11-15-7-9-18(23-2)10-8-15)13-19-12-16-5-3-4-6-17(16)14-24-19/h3-10,19H,11-14H2,1-2H3/t19-/m0/s1. The van der Waals surface area contributed by atoms with Gasteiger partial charge in [-0.15, -0.1) is 0 Å². The lowest BCUT2D eigenvalue weighted by molar-refractivity contribution is -0.131. The Morgan fingerprint density at radius 2 is 1.88 bits per heavy atom. The fraction of sp³-hybridized carbons (Fsp3) is 0.350. The molecule has 1 amide bonds. The molecule has 4 nitrogen and oxygen atoms in total. The molecular weight excluding hydrogens is 302 g/mol. The smallest absolute Gasteiger partial charge is 0.226 e. The fourth-order valence-electron chi connectivity index (χ4n) is 2.99. The second-order valence-electron chi connectivity index (χ2n) is 6.20. The number of likely N-dealkylation sites (N-methyl/N-ethyl adjacent to an activating group) is 1. The van der Waals surface area contributed by atoms with Gasteiger partial charge in [0, 0.05) is 20.0 Å². The number of carbonyl (C=O) groups excluding carboxylic acids is 1. The highest BCUT2D eigenvalue weighted by molar-refractivity contribution is 5.78. The van der Waals surface area contributed by atoms with Crippen LogP contribution in [-0.4, -0.2) is 37.6 Å². The van der Waals surface area contributed by atoms with Gasteiger partial charge in [0.1, 0.15) is 5.75 Å². The first-order chi connectivity index (χ1) is 11.7. The lowest BCUT2D eigenvalue weighted by Gasteiger charge is -2.29. The van der Waals surface area contributed by atoms with E-state index in [9.17, 15) is 4.79 Å². The summed E-state index contributed by atoms with van der Waals surface area (Å²) >= 11 is 0. The van der Waals surface area contributed by atoms with Crippen LogP contribution in [0.3, 0.4) is 0 Å². The summed E-state index contributed by atoms with van der Waals surface area (Å²) in [6.45, 7) is 1.24. The molecule has 0 N–H and O–H groups in total. The van der Waals surface area contributed by atoms with Gasteiger partial charge in [-0.05, 0) is 28.8 Å². The van der Waals surface area contributed by atoms with E-state index in [-0.39, 0.29) is 12.0 Å². The van der Waals surface area contributed by atoms with Gasteiger partial charge in [0.2, 0.25) is 5.91 Å². The minimum absolute atomic E-state index is 0.0599. The summed E-state index contributed by atoms with van der Waals surface area (Å²) in [5, 5.41) is 0. The summed E-state index contributed by atoms with van der Waals surface area (Å²) in [5.41, 5.74) is 3.56. The van der Waals surface area contributed by atoms with E-state index in [0.29, 0.717) is 19.6 Å². The van der Waals surface area contributed by atoms with E-state index >= 15 is 0 Å². The predicted molar refractivity (Wildman–Crippen MR) is 93.1 cm³/mol. The van der Waals surface area contributed by atoms with E-state index in [1.807, 2.05) is 37.4 Å². The summed E-state index contributed by atoms with van der Waals surface area (Å²) in [5.74, 6) is 0.899. The van der Waals surface area contributed by atoms with Crippen LogP contribution in [0.15, 0.2) is 48.5 Å². The number of hydrogen-bond donors (Lipinski definition) is 0. The fourth-order valence-corrected chi connectivity index (χ4v) is 2.99. The Labute approximate surface area is 143 Å². The van der Waals surface area contributed by atoms with Gasteiger partial charge in [0.05, 0.1) is 26.2 Å². The van der Waals surface area contributed by atoms with Crippen molar-refractivity contribution in [1.29, 1.82) is 0 Å². The summed E-state index contributed by atoms with van der Waals surface area (Å²) in [4.78, 5) is 14.2. The van der Waals surface area contributed by atoms with Crippen LogP contribution >= 0.6 is 0 Å². The number of ether oxygens (including phenoxy) is 2. The van der Waals surface area contributed by atoms with Crippen molar-refractivity contribution < 1.29 is 14.3 Å². The molecule has 1 aliphatic rings. The molecule has 0 fully saturated rings. The lowest BCUT2D eigenvalue weighted by Crippen LogP contribution is -2.38. The normalized spacial score (nSPS) is 16.3. The topological polar surface area (TPSA) is 38.8 Å². The molecule has 1 atom stereocenters. The maximum atomic E-state index is 12.4. The van der Waals surface area contributed by atoms with Gasteiger partial charge in [-0.3, -0.25) is 4.79 Å². The Morgan fingerprint density at radius 3 is 2.58 bits per heavy atom. The average molecular weight is 325 g/mol. The number of amides is 1. The number of methoxy groups -OCH3 is 1. The van der Waals surface area contributed by atoms with E-state index in [0.717, 1.165) is 17.7 Å². The van der Waals surface area contributed by atoms with Gasteiger partial charge < -0.3 is 14.4 Å². The summed E-state index contributed by atoms with van der Waals surface area (Å²) in [6, 6.07) is 15.9. The molecule has 0 unspecified atom stereocenters. The van der Waals surface area contributed by atoms with Gasteiger partial charge in [-0.2, -0.15) is 0 Å². The Morgan fingerprint density at radius 1 is 1.17 bits per heavy atom. The molecule has 126 valence electrons. The van der Waals surface area contributed by atoms with Crippen LogP contribution in [0, 0.1) is 0 Å². The van der Waals surface area contributed by atoms with Crippen LogP contribution in [0.1, 0.15) is 16.7 Å². The average Bonchev–Trinajstić information content (AvgIpc) is 2.62. The zero-order valence-electron chi connectivity index (χ0n) is 14.2. The van der Waals surface area contributed by atoms with E-state index in [2.05, 4.69) is 18.2 Å². The third-order valence-corrected chi connectivity index (χ3v) is 4.46. The van der Waals surface area contributed by atoms with Gasteiger partial charge in [0.25, 0.3) is 0 Å². The van der Waals surface area contributed by atoms with E-state index in [1.165, 1.54) is 11.1 Å². The summed E-state index contributed by atoms with van der Waals surface area (Å²) < 4.78 is 11.0. The summed E-state index contributed by atoms with van der Waals surface area (Å²) in [7, 11) is 3.48. The highest BCUT2D eigenvalue weighted by atomic mass is 16.5. The first-order valence-corrected chi connectivity index (χ1v) is 8.21. The minimum Gasteiger partial charge on any atom is -0.497 e. The van der Waals surface area contributed by atoms with Crippen molar-refractivity contribution in [3.63, 3.8) is 0 Å². The third kappa shape index (κ3) is 3.95. The van der Waals surface area contributed by atoms with Crippen molar-refractivity contribution in [2.75, 3.05) is 20.7 Å². The van der Waals surface area contributed by atoms with E-state index in [1.54, 1.807) is 12.0 Å². The molecule has 1 heterocycles. The van der Waals surface area contributed by atoms with Crippen molar-refractivity contribution in [2.24, 2.45) is 0 Å². The lowest BCUT2D eigenvalue weighted by atomic mass is 9.99. The van der Waals surface area contributed by atoms with Crippen LogP contribution in [0.4, 0.5) is 0 Å². The van der Waals surface area contributed by atoms with Gasteiger partial charge >= 0.3 is 0 Å². The molecule has 0 aromatic heterocycles. The molecule has 24 heavy (non-hydrogen) atoms. The van der Waals surface area contributed by atoms with Crippen molar-refractivity contribution in [1.82, 2.24) is 4.90 Å². The molecule has 3 rings (SSSR count). The molecule has 2 aromatic carbocycles. The first-order valence-electron chi connectivity index (χ1n) is 8.21. The largest absolute Gasteiger partial charge is 0.497 e. The molecule has 0 saturated carbocycles. The van der Waals surface area contributed by atoms with Gasteiger partial charge in [-0.25, -0.2) is 0 Å². The highest BCUT2D eigenvalue weighted by Gasteiger charge is 2.22. The van der Waals surface area contributed by atoms with Crippen molar-refractivity contribution >= 4 is 5.91 Å². The number of rotatable bonds is 5. The SMILES string of the molecule is COc1ccc(CC(=O)N(C)C[C@@H]2Cc3ccccc3CO2)cc1. The number of benzene rings is 2. The second kappa shape index (κ2) is 7.49. The highest BCUT2D eigenvalue weighted by Crippen LogP contribution is 2.21. The van der Waals surface area contributed by atoms with Gasteiger partial charge in [0.15, 0.2) is 0 Å². The molecule has 0 radical (unpaired) electrons. The first kappa shape index (κ1) is 16.5. The molecule has 1 aliphatic heterocycles. The Kier molecular flexibility index (Phi) is 5.16. The van der Waals surface area contributed by atoms with Crippen LogP contribution in [0.2, 0.25) is 0 Å². The maximum Gasteiger partial charge on any atom is 0.226 e. The number of fused-ring (bicyclic) bond motifs is 1. The number of carbonyl (C=O) groups is 1. The van der Waals surface area contributed by atoms with Crippen LogP contribution in [-0.2, 0) is 29.0 Å². The third-order valence-electron chi connectivity index (χ3n) is 4.46. The Bertz CT molecular complexity index is 696. The van der Waals surface area contributed by atoms with Crippen molar-refractivity contribution in [3.05, 3.63) is 65.2 Å². The van der Waals surface area contributed by atoms with E-state index in [4.69, 9.17) is 9.47 Å². The number of hydrogen-bond acceptors (Lipinski definition) is 3. The minimum atomic E-state index is 0.0599. The Balaban J connectivity index is 1.54. The predicted octanol–water partition coefficient (Wildman–Crippen LogP) is 2.84. The zero-order valence-corrected chi connectivity index (χ0v) is 14.2. The molecule has 0 saturated heterocycles. The molecule has 0 aliphatic carbocycles. The molecule has 0 spiro atoms. The molecular formula is C20H23NO3. The van der Waals surface area contributed by atoms with Crippen LogP contribution in [0.25, 0.3) is 0 Å². The zero-order chi connectivity index (χ0) is 16.9. The monoisotopic (exact) mass is 325 g/mol. The molecule has 4 heteroatoms. The quantitative estimate of drug-likeness (QED) is 0.848. The summed E-state index contributed by atoms with van der Waals surface area (Å²) in [6.07, 6.45) is 1.31. The van der Waals surface area contributed by atoms with Crippen LogP contribution < -0.4 is 4.74 Å². The number of nitrogens with zero attached hydrogens (tertiary/aromatic N) is 1. The van der Waals surface area contributed by atoms with E-state index < -0.39 is 0 Å². The van der Waals surface area contributed by atoms with Gasteiger partial charge in [-0.1, -0.05) is 36.4 Å². The van der Waals surface area contributed by atoms with Crippen molar-refractivity contribution in [3.8, 4) is 5.75 Å².